The topological polar surface area (TPSA) is 37.8 Å². The number of benzene rings is 1. The number of para-hydroxylation sites is 1. The highest BCUT2D eigenvalue weighted by molar-refractivity contribution is 5.48. The number of nitrogens with zero attached hydrogens (tertiary/aromatic N) is 3. The van der Waals surface area contributed by atoms with E-state index < -0.39 is 0 Å². The largest absolute Gasteiger partial charge is 0.493 e. The van der Waals surface area contributed by atoms with Crippen molar-refractivity contribution < 1.29 is 9.47 Å². The van der Waals surface area contributed by atoms with E-state index in [1.54, 1.807) is 7.11 Å². The second kappa shape index (κ2) is 6.69. The van der Waals surface area contributed by atoms with Crippen LogP contribution in [0.5, 0.6) is 11.5 Å². The molecule has 126 valence electrons. The summed E-state index contributed by atoms with van der Waals surface area (Å²) in [5, 5.41) is 0. The van der Waals surface area contributed by atoms with Crippen LogP contribution in [0.3, 0.4) is 0 Å². The zero-order valence-corrected chi connectivity index (χ0v) is 14.0. The average molecular weight is 325 g/mol. The minimum absolute atomic E-state index is 0.448. The minimum atomic E-state index is 0.448. The highest BCUT2D eigenvalue weighted by Gasteiger charge is 2.29. The summed E-state index contributed by atoms with van der Waals surface area (Å²) in [4.78, 5) is 9.09. The molecule has 4 rings (SSSR count). The predicted molar refractivity (Wildman–Crippen MR) is 94.0 cm³/mol. The van der Waals surface area contributed by atoms with E-state index in [2.05, 4.69) is 33.0 Å². The van der Waals surface area contributed by atoms with Gasteiger partial charge >= 0.3 is 0 Å². The molecule has 1 aromatic heterocycles. The summed E-state index contributed by atoms with van der Waals surface area (Å²) < 4.78 is 11.4. The molecule has 1 unspecified atom stereocenters. The number of methoxy groups -OCH3 is 1. The van der Waals surface area contributed by atoms with Gasteiger partial charge in [-0.25, -0.2) is 0 Å². The van der Waals surface area contributed by atoms with Crippen LogP contribution in [0.2, 0.25) is 0 Å². The zero-order chi connectivity index (χ0) is 16.4. The van der Waals surface area contributed by atoms with Crippen molar-refractivity contribution in [1.29, 1.82) is 0 Å². The number of aromatic nitrogens is 1. The summed E-state index contributed by atoms with van der Waals surface area (Å²) in [5.41, 5.74) is 2.52. The molecule has 0 amide bonds. The third-order valence-electron chi connectivity index (χ3n) is 5.01. The number of fused-ring (bicyclic) bond motifs is 1. The van der Waals surface area contributed by atoms with E-state index in [9.17, 15) is 0 Å². The van der Waals surface area contributed by atoms with Gasteiger partial charge in [0.15, 0.2) is 11.5 Å². The van der Waals surface area contributed by atoms with Gasteiger partial charge in [-0.3, -0.25) is 9.88 Å². The molecule has 0 aliphatic carbocycles. The molecule has 5 nitrogen and oxygen atoms in total. The second-order valence-corrected chi connectivity index (χ2v) is 6.35. The Kier molecular flexibility index (Phi) is 4.26. The number of hydrogen-bond donors (Lipinski definition) is 0. The van der Waals surface area contributed by atoms with Crippen molar-refractivity contribution in [3.05, 3.63) is 48.3 Å². The van der Waals surface area contributed by atoms with Gasteiger partial charge in [0.25, 0.3) is 0 Å². The maximum atomic E-state index is 6.03. The van der Waals surface area contributed by atoms with Gasteiger partial charge < -0.3 is 14.4 Å². The lowest BCUT2D eigenvalue weighted by Crippen LogP contribution is -2.53. The molecule has 1 fully saturated rings. The van der Waals surface area contributed by atoms with Crippen molar-refractivity contribution >= 4 is 5.69 Å². The van der Waals surface area contributed by atoms with Crippen LogP contribution in [0.25, 0.3) is 0 Å². The molecule has 5 heteroatoms. The van der Waals surface area contributed by atoms with E-state index in [1.165, 1.54) is 11.3 Å². The number of piperazine rings is 1. The quantitative estimate of drug-likeness (QED) is 0.865. The first kappa shape index (κ1) is 15.3. The Hall–Kier alpha value is -2.27. The monoisotopic (exact) mass is 325 g/mol. The van der Waals surface area contributed by atoms with Crippen LogP contribution in [-0.2, 0) is 6.42 Å². The van der Waals surface area contributed by atoms with E-state index in [4.69, 9.17) is 9.47 Å². The predicted octanol–water partition coefficient (Wildman–Crippen LogP) is 2.22. The van der Waals surface area contributed by atoms with E-state index in [1.807, 2.05) is 24.5 Å². The first-order valence-electron chi connectivity index (χ1n) is 8.53. The molecule has 0 spiro atoms. The molecule has 1 aromatic carbocycles. The van der Waals surface area contributed by atoms with Crippen LogP contribution in [0, 0.1) is 0 Å². The SMILES string of the molecule is COc1cccc2c1OCC(N1CCN(c3ccncc3)CC1)C2. The summed E-state index contributed by atoms with van der Waals surface area (Å²) >= 11 is 0. The minimum Gasteiger partial charge on any atom is -0.493 e. The van der Waals surface area contributed by atoms with E-state index in [-0.39, 0.29) is 0 Å². The van der Waals surface area contributed by atoms with Gasteiger partial charge in [-0.2, -0.15) is 0 Å². The van der Waals surface area contributed by atoms with Crippen LogP contribution in [0.1, 0.15) is 5.56 Å². The van der Waals surface area contributed by atoms with Crippen molar-refractivity contribution in [3.63, 3.8) is 0 Å². The molecule has 2 aromatic rings. The highest BCUT2D eigenvalue weighted by atomic mass is 16.5. The molecule has 0 N–H and O–H groups in total. The second-order valence-electron chi connectivity index (χ2n) is 6.35. The van der Waals surface area contributed by atoms with Crippen LogP contribution < -0.4 is 14.4 Å². The Morgan fingerprint density at radius 1 is 1.08 bits per heavy atom. The Bertz CT molecular complexity index is 684. The standard InChI is InChI=1S/C19H23N3O2/c1-23-18-4-2-3-15-13-17(14-24-19(15)18)22-11-9-21(10-12-22)16-5-7-20-8-6-16/h2-8,17H,9-14H2,1H3. The average Bonchev–Trinajstić information content (AvgIpc) is 2.68. The van der Waals surface area contributed by atoms with Crippen molar-refractivity contribution in [2.45, 2.75) is 12.5 Å². The summed E-state index contributed by atoms with van der Waals surface area (Å²) in [7, 11) is 1.70. The third-order valence-corrected chi connectivity index (χ3v) is 5.01. The van der Waals surface area contributed by atoms with Gasteiger partial charge in [0.05, 0.1) is 7.11 Å². The number of hydrogen-bond acceptors (Lipinski definition) is 5. The Morgan fingerprint density at radius 2 is 1.88 bits per heavy atom. The fourth-order valence-corrected chi connectivity index (χ4v) is 3.67. The lowest BCUT2D eigenvalue weighted by atomic mass is 10.0. The van der Waals surface area contributed by atoms with Gasteiger partial charge in [0, 0.05) is 50.3 Å². The lowest BCUT2D eigenvalue weighted by Gasteiger charge is -2.41. The molecule has 1 atom stereocenters. The Balaban J connectivity index is 1.40. The highest BCUT2D eigenvalue weighted by Crippen LogP contribution is 2.35. The number of anilines is 1. The first-order valence-corrected chi connectivity index (χ1v) is 8.53. The normalized spacial score (nSPS) is 21.0. The molecule has 2 aliphatic rings. The van der Waals surface area contributed by atoms with Crippen molar-refractivity contribution in [2.24, 2.45) is 0 Å². The smallest absolute Gasteiger partial charge is 0.164 e. The van der Waals surface area contributed by atoms with Gasteiger partial charge in [0.2, 0.25) is 0 Å². The van der Waals surface area contributed by atoms with Gasteiger partial charge in [-0.15, -0.1) is 0 Å². The molecular formula is C19H23N3O2. The van der Waals surface area contributed by atoms with Crippen LogP contribution in [-0.4, -0.2) is 55.8 Å². The zero-order valence-electron chi connectivity index (χ0n) is 14.0. The van der Waals surface area contributed by atoms with E-state index in [0.717, 1.165) is 50.7 Å². The summed E-state index contributed by atoms with van der Waals surface area (Å²) in [6.07, 6.45) is 4.75. The Labute approximate surface area is 142 Å². The summed E-state index contributed by atoms with van der Waals surface area (Å²) in [5.74, 6) is 1.76. The molecule has 1 saturated heterocycles. The fourth-order valence-electron chi connectivity index (χ4n) is 3.67. The van der Waals surface area contributed by atoms with E-state index >= 15 is 0 Å². The third kappa shape index (κ3) is 2.91. The molecule has 0 radical (unpaired) electrons. The first-order chi connectivity index (χ1) is 11.8. The van der Waals surface area contributed by atoms with Crippen LogP contribution >= 0.6 is 0 Å². The Morgan fingerprint density at radius 3 is 2.62 bits per heavy atom. The number of ether oxygens (including phenoxy) is 2. The summed E-state index contributed by atoms with van der Waals surface area (Å²) in [6, 6.07) is 10.8. The molecule has 2 aliphatic heterocycles. The number of rotatable bonds is 3. The molecule has 24 heavy (non-hydrogen) atoms. The maximum absolute atomic E-state index is 6.03. The molecule has 3 heterocycles. The number of pyridine rings is 1. The van der Waals surface area contributed by atoms with Crippen LogP contribution in [0.4, 0.5) is 5.69 Å². The maximum Gasteiger partial charge on any atom is 0.164 e. The van der Waals surface area contributed by atoms with Crippen LogP contribution in [0.15, 0.2) is 42.7 Å². The van der Waals surface area contributed by atoms with Gasteiger partial charge in [-0.05, 0) is 30.2 Å². The van der Waals surface area contributed by atoms with E-state index in [0.29, 0.717) is 6.04 Å². The molecule has 0 saturated carbocycles. The van der Waals surface area contributed by atoms with Crippen molar-refractivity contribution in [3.8, 4) is 11.5 Å². The lowest BCUT2D eigenvalue weighted by molar-refractivity contribution is 0.111. The van der Waals surface area contributed by atoms with Crippen molar-refractivity contribution in [1.82, 2.24) is 9.88 Å². The molecular weight excluding hydrogens is 302 g/mol. The van der Waals surface area contributed by atoms with Crippen molar-refractivity contribution in [2.75, 3.05) is 44.8 Å². The van der Waals surface area contributed by atoms with Gasteiger partial charge in [0.1, 0.15) is 6.61 Å². The fraction of sp³-hybridized carbons (Fsp3) is 0.421. The summed E-state index contributed by atoms with van der Waals surface area (Å²) in [6.45, 7) is 4.96. The van der Waals surface area contributed by atoms with Gasteiger partial charge in [-0.1, -0.05) is 12.1 Å². The molecule has 0 bridgehead atoms.